The number of hydrogen-bond donors (Lipinski definition) is 1. The molecule has 1 aromatic heterocycles. The Kier molecular flexibility index (Phi) is 3.56. The number of hydrogen-bond acceptors (Lipinski definition) is 3. The molecule has 0 fully saturated rings. The van der Waals surface area contributed by atoms with Gasteiger partial charge in [-0.05, 0) is 24.0 Å². The van der Waals surface area contributed by atoms with Crippen LogP contribution in [0.25, 0.3) is 22.3 Å². The third-order valence-electron chi connectivity index (χ3n) is 3.19. The van der Waals surface area contributed by atoms with Crippen LogP contribution >= 0.6 is 11.8 Å². The minimum atomic E-state index is -0.0930. The molecule has 0 unspecified atom stereocenters. The monoisotopic (exact) mass is 282 g/mol. The second-order valence-electron chi connectivity index (χ2n) is 4.52. The standard InChI is InChI=1S/C16H14N2OS/c1-20-10-11-6-2-3-7-12(11)15-17-14-9-5-4-8-13(14)16(19)18-15/h2-9H,10H2,1H3,(H,17,18,19). The van der Waals surface area contributed by atoms with Gasteiger partial charge in [-0.25, -0.2) is 4.98 Å². The maximum absolute atomic E-state index is 12.1. The molecule has 3 nitrogen and oxygen atoms in total. The van der Waals surface area contributed by atoms with E-state index in [9.17, 15) is 4.79 Å². The summed E-state index contributed by atoms with van der Waals surface area (Å²) in [5.41, 5.74) is 2.80. The first-order valence-corrected chi connectivity index (χ1v) is 7.75. The summed E-state index contributed by atoms with van der Waals surface area (Å²) < 4.78 is 0. The lowest BCUT2D eigenvalue weighted by Gasteiger charge is -2.08. The van der Waals surface area contributed by atoms with Gasteiger partial charge in [0.1, 0.15) is 5.82 Å². The first kappa shape index (κ1) is 12.9. The summed E-state index contributed by atoms with van der Waals surface area (Å²) >= 11 is 1.75. The third-order valence-corrected chi connectivity index (χ3v) is 3.78. The SMILES string of the molecule is CSCc1ccccc1-c1nc2ccccc2c(=O)[nH]1. The lowest BCUT2D eigenvalue weighted by molar-refractivity contribution is 1.17. The molecular formula is C16H14N2OS. The number of benzene rings is 2. The zero-order valence-electron chi connectivity index (χ0n) is 11.1. The minimum absolute atomic E-state index is 0.0930. The van der Waals surface area contributed by atoms with Crippen LogP contribution in [-0.4, -0.2) is 16.2 Å². The van der Waals surface area contributed by atoms with E-state index in [0.717, 1.165) is 16.8 Å². The van der Waals surface area contributed by atoms with Crippen LogP contribution in [0.3, 0.4) is 0 Å². The van der Waals surface area contributed by atoms with E-state index >= 15 is 0 Å². The molecule has 0 bridgehead atoms. The van der Waals surface area contributed by atoms with Crippen LogP contribution in [0.2, 0.25) is 0 Å². The normalized spacial score (nSPS) is 10.8. The summed E-state index contributed by atoms with van der Waals surface area (Å²) in [4.78, 5) is 19.6. The van der Waals surface area contributed by atoms with Gasteiger partial charge >= 0.3 is 0 Å². The van der Waals surface area contributed by atoms with Gasteiger partial charge < -0.3 is 4.98 Å². The zero-order chi connectivity index (χ0) is 13.9. The second-order valence-corrected chi connectivity index (χ2v) is 5.39. The molecule has 3 aromatic rings. The first-order chi connectivity index (χ1) is 9.79. The van der Waals surface area contributed by atoms with Crippen molar-refractivity contribution in [3.8, 4) is 11.4 Å². The van der Waals surface area contributed by atoms with E-state index in [0.29, 0.717) is 11.2 Å². The van der Waals surface area contributed by atoms with Gasteiger partial charge in [0.15, 0.2) is 0 Å². The maximum atomic E-state index is 12.1. The number of para-hydroxylation sites is 1. The average molecular weight is 282 g/mol. The summed E-state index contributed by atoms with van der Waals surface area (Å²) in [6.45, 7) is 0. The smallest absolute Gasteiger partial charge is 0.259 e. The molecule has 20 heavy (non-hydrogen) atoms. The Morgan fingerprint density at radius 2 is 1.85 bits per heavy atom. The molecule has 0 radical (unpaired) electrons. The van der Waals surface area contributed by atoms with E-state index in [1.165, 1.54) is 5.56 Å². The van der Waals surface area contributed by atoms with Crippen molar-refractivity contribution in [2.45, 2.75) is 5.75 Å². The molecule has 0 saturated heterocycles. The van der Waals surface area contributed by atoms with Gasteiger partial charge in [-0.2, -0.15) is 11.8 Å². The van der Waals surface area contributed by atoms with Gasteiger partial charge in [0.05, 0.1) is 10.9 Å². The summed E-state index contributed by atoms with van der Waals surface area (Å²) in [5, 5.41) is 0.624. The van der Waals surface area contributed by atoms with E-state index in [1.807, 2.05) is 36.4 Å². The molecule has 1 N–H and O–H groups in total. The molecule has 4 heteroatoms. The fourth-order valence-electron chi connectivity index (χ4n) is 2.25. The van der Waals surface area contributed by atoms with Crippen molar-refractivity contribution >= 4 is 22.7 Å². The maximum Gasteiger partial charge on any atom is 0.259 e. The van der Waals surface area contributed by atoms with Crippen molar-refractivity contribution in [1.82, 2.24) is 9.97 Å². The van der Waals surface area contributed by atoms with E-state index in [4.69, 9.17) is 0 Å². The zero-order valence-corrected chi connectivity index (χ0v) is 11.9. The molecule has 2 aromatic carbocycles. The third kappa shape index (κ3) is 2.34. The highest BCUT2D eigenvalue weighted by Gasteiger charge is 2.09. The Morgan fingerprint density at radius 1 is 1.10 bits per heavy atom. The lowest BCUT2D eigenvalue weighted by Crippen LogP contribution is -2.10. The number of fused-ring (bicyclic) bond motifs is 1. The second kappa shape index (κ2) is 5.51. The lowest BCUT2D eigenvalue weighted by atomic mass is 10.1. The summed E-state index contributed by atoms with van der Waals surface area (Å²) in [6.07, 6.45) is 2.06. The van der Waals surface area contributed by atoms with E-state index in [-0.39, 0.29) is 5.56 Å². The number of nitrogens with zero attached hydrogens (tertiary/aromatic N) is 1. The van der Waals surface area contributed by atoms with Gasteiger partial charge in [-0.15, -0.1) is 0 Å². The summed E-state index contributed by atoms with van der Waals surface area (Å²) in [7, 11) is 0. The summed E-state index contributed by atoms with van der Waals surface area (Å²) in [5.74, 6) is 1.53. The Morgan fingerprint density at radius 3 is 2.70 bits per heavy atom. The number of H-pyrrole nitrogens is 1. The minimum Gasteiger partial charge on any atom is -0.306 e. The molecule has 0 aliphatic carbocycles. The van der Waals surface area contributed by atoms with Gasteiger partial charge in [0.25, 0.3) is 5.56 Å². The Bertz CT molecular complexity index is 811. The number of aromatic nitrogens is 2. The predicted octanol–water partition coefficient (Wildman–Crippen LogP) is 3.45. The molecule has 0 saturated carbocycles. The van der Waals surface area contributed by atoms with E-state index in [1.54, 1.807) is 17.8 Å². The Hall–Kier alpha value is -2.07. The molecule has 1 heterocycles. The molecule has 0 spiro atoms. The van der Waals surface area contributed by atoms with Crippen molar-refractivity contribution in [2.24, 2.45) is 0 Å². The molecule has 0 amide bonds. The van der Waals surface area contributed by atoms with Crippen molar-refractivity contribution in [1.29, 1.82) is 0 Å². The number of aromatic amines is 1. The van der Waals surface area contributed by atoms with Crippen LogP contribution in [0.1, 0.15) is 5.56 Å². The van der Waals surface area contributed by atoms with Gasteiger partial charge in [-0.3, -0.25) is 4.79 Å². The number of nitrogens with one attached hydrogen (secondary N) is 1. The van der Waals surface area contributed by atoms with Crippen LogP contribution < -0.4 is 5.56 Å². The van der Waals surface area contributed by atoms with E-state index in [2.05, 4.69) is 22.3 Å². The van der Waals surface area contributed by atoms with Crippen LogP contribution in [0.5, 0.6) is 0 Å². The predicted molar refractivity (Wildman–Crippen MR) is 85.0 cm³/mol. The largest absolute Gasteiger partial charge is 0.306 e. The fraction of sp³-hybridized carbons (Fsp3) is 0.125. The van der Waals surface area contributed by atoms with Crippen molar-refractivity contribution in [2.75, 3.05) is 6.26 Å². The molecule has 0 atom stereocenters. The van der Waals surface area contributed by atoms with Gasteiger partial charge in [0.2, 0.25) is 0 Å². The molecule has 3 rings (SSSR count). The van der Waals surface area contributed by atoms with Crippen LogP contribution in [0, 0.1) is 0 Å². The highest BCUT2D eigenvalue weighted by molar-refractivity contribution is 7.97. The fourth-order valence-corrected chi connectivity index (χ4v) is 2.81. The number of rotatable bonds is 3. The Labute approximate surface area is 121 Å². The van der Waals surface area contributed by atoms with Gasteiger partial charge in [-0.1, -0.05) is 36.4 Å². The highest BCUT2D eigenvalue weighted by atomic mass is 32.2. The van der Waals surface area contributed by atoms with Crippen molar-refractivity contribution in [3.63, 3.8) is 0 Å². The van der Waals surface area contributed by atoms with Crippen LogP contribution in [0.4, 0.5) is 0 Å². The molecular weight excluding hydrogens is 268 g/mol. The van der Waals surface area contributed by atoms with Gasteiger partial charge in [0, 0.05) is 11.3 Å². The topological polar surface area (TPSA) is 45.8 Å². The molecule has 100 valence electrons. The number of thioether (sulfide) groups is 1. The highest BCUT2D eigenvalue weighted by Crippen LogP contribution is 2.23. The molecule has 0 aliphatic heterocycles. The van der Waals surface area contributed by atoms with Crippen molar-refractivity contribution < 1.29 is 0 Å². The average Bonchev–Trinajstić information content (AvgIpc) is 2.48. The molecule has 0 aliphatic rings. The van der Waals surface area contributed by atoms with Crippen molar-refractivity contribution in [3.05, 3.63) is 64.4 Å². The quantitative estimate of drug-likeness (QED) is 0.800. The van der Waals surface area contributed by atoms with Crippen LogP contribution in [0.15, 0.2) is 53.3 Å². The van der Waals surface area contributed by atoms with Crippen LogP contribution in [-0.2, 0) is 5.75 Å². The summed E-state index contributed by atoms with van der Waals surface area (Å²) in [6, 6.07) is 15.4. The first-order valence-electron chi connectivity index (χ1n) is 6.36. The Balaban J connectivity index is 2.23. The van der Waals surface area contributed by atoms with E-state index < -0.39 is 0 Å².